The zero-order valence-electron chi connectivity index (χ0n) is 11.4. The summed E-state index contributed by atoms with van der Waals surface area (Å²) in [4.78, 5) is 10.4. The van der Waals surface area contributed by atoms with E-state index >= 15 is 0 Å². The molecule has 1 rings (SSSR count). The third-order valence-electron chi connectivity index (χ3n) is 2.85. The van der Waals surface area contributed by atoms with E-state index in [0.29, 0.717) is 23.7 Å². The van der Waals surface area contributed by atoms with E-state index in [2.05, 4.69) is 13.8 Å². The lowest BCUT2D eigenvalue weighted by atomic mass is 10.1. The summed E-state index contributed by atoms with van der Waals surface area (Å²) in [5.74, 6) is -1.07. The van der Waals surface area contributed by atoms with Gasteiger partial charge < -0.3 is 9.84 Å². The summed E-state index contributed by atoms with van der Waals surface area (Å²) < 4.78 is 19.0. The Bertz CT molecular complexity index is 466. The maximum atomic E-state index is 13.4. The maximum Gasteiger partial charge on any atom is 0.328 e. The molecule has 0 saturated heterocycles. The third-order valence-corrected chi connectivity index (χ3v) is 2.85. The molecule has 104 valence electrons. The second kappa shape index (κ2) is 7.04. The van der Waals surface area contributed by atoms with Crippen LogP contribution in [-0.4, -0.2) is 17.2 Å². The summed E-state index contributed by atoms with van der Waals surface area (Å²) in [6, 6.07) is 4.40. The molecule has 0 aromatic heterocycles. The fraction of sp³-hybridized carbons (Fsp3) is 0.400. The van der Waals surface area contributed by atoms with Crippen LogP contribution in [0.2, 0.25) is 0 Å². The van der Waals surface area contributed by atoms with Crippen LogP contribution in [0.25, 0.3) is 6.08 Å². The van der Waals surface area contributed by atoms with Crippen molar-refractivity contribution < 1.29 is 19.0 Å². The van der Waals surface area contributed by atoms with Crippen LogP contribution in [0.4, 0.5) is 4.39 Å². The fourth-order valence-corrected chi connectivity index (χ4v) is 1.44. The van der Waals surface area contributed by atoms with Crippen molar-refractivity contribution in [2.75, 3.05) is 0 Å². The maximum absolute atomic E-state index is 13.4. The summed E-state index contributed by atoms with van der Waals surface area (Å²) in [5, 5.41) is 8.55. The van der Waals surface area contributed by atoms with Gasteiger partial charge in [-0.15, -0.1) is 0 Å². The van der Waals surface area contributed by atoms with Gasteiger partial charge in [0.15, 0.2) is 0 Å². The van der Waals surface area contributed by atoms with Crippen molar-refractivity contribution >= 4 is 12.0 Å². The predicted molar refractivity (Wildman–Crippen MR) is 72.2 cm³/mol. The first-order chi connectivity index (χ1) is 8.88. The van der Waals surface area contributed by atoms with Crippen LogP contribution in [0, 0.1) is 11.7 Å². The molecule has 0 radical (unpaired) electrons. The standard InChI is InChI=1S/C15H19FO3/c1-10(2)11(3)19-9-13-6-12(4-5-15(17)18)7-14(16)8-13/h4-8,10-11H,9H2,1-3H3,(H,17,18). The smallest absolute Gasteiger partial charge is 0.328 e. The van der Waals surface area contributed by atoms with Crippen molar-refractivity contribution in [3.05, 3.63) is 41.2 Å². The molecule has 0 amide bonds. The van der Waals surface area contributed by atoms with Gasteiger partial charge in [0.2, 0.25) is 0 Å². The number of hydrogen-bond acceptors (Lipinski definition) is 2. The SMILES string of the molecule is CC(C)C(C)OCc1cc(F)cc(C=CC(=O)O)c1. The van der Waals surface area contributed by atoms with Gasteiger partial charge in [0.1, 0.15) is 5.82 Å². The van der Waals surface area contributed by atoms with Crippen LogP contribution in [-0.2, 0) is 16.1 Å². The van der Waals surface area contributed by atoms with Crippen LogP contribution in [0.3, 0.4) is 0 Å². The molecule has 1 N–H and O–H groups in total. The fourth-order valence-electron chi connectivity index (χ4n) is 1.44. The first-order valence-electron chi connectivity index (χ1n) is 6.20. The quantitative estimate of drug-likeness (QED) is 0.802. The molecule has 0 aliphatic carbocycles. The number of rotatable bonds is 6. The van der Waals surface area contributed by atoms with E-state index in [1.165, 1.54) is 18.2 Å². The van der Waals surface area contributed by atoms with Crippen LogP contribution in [0.15, 0.2) is 24.3 Å². The van der Waals surface area contributed by atoms with Crippen molar-refractivity contribution in [2.24, 2.45) is 5.92 Å². The second-order valence-electron chi connectivity index (χ2n) is 4.82. The number of carboxylic acid groups (broad SMARTS) is 1. The highest BCUT2D eigenvalue weighted by Crippen LogP contribution is 2.14. The molecule has 0 fully saturated rings. The number of benzene rings is 1. The molecular formula is C15H19FO3. The van der Waals surface area contributed by atoms with Crippen molar-refractivity contribution in [3.63, 3.8) is 0 Å². The zero-order valence-corrected chi connectivity index (χ0v) is 11.4. The minimum Gasteiger partial charge on any atom is -0.478 e. The lowest BCUT2D eigenvalue weighted by molar-refractivity contribution is -0.131. The normalized spacial score (nSPS) is 13.1. The molecular weight excluding hydrogens is 247 g/mol. The molecule has 19 heavy (non-hydrogen) atoms. The average molecular weight is 266 g/mol. The molecule has 4 heteroatoms. The predicted octanol–water partition coefficient (Wildman–Crippen LogP) is 3.48. The first-order valence-corrected chi connectivity index (χ1v) is 6.20. The van der Waals surface area contributed by atoms with E-state index in [-0.39, 0.29) is 6.10 Å². The molecule has 1 atom stereocenters. The van der Waals surface area contributed by atoms with Gasteiger partial charge in [-0.3, -0.25) is 0 Å². The largest absolute Gasteiger partial charge is 0.478 e. The Labute approximate surface area is 112 Å². The minimum absolute atomic E-state index is 0.0845. The highest BCUT2D eigenvalue weighted by molar-refractivity contribution is 5.85. The average Bonchev–Trinajstić information content (AvgIpc) is 2.32. The molecule has 0 saturated carbocycles. The Morgan fingerprint density at radius 2 is 2.05 bits per heavy atom. The molecule has 1 aromatic carbocycles. The number of carbonyl (C=O) groups is 1. The Morgan fingerprint density at radius 1 is 1.37 bits per heavy atom. The molecule has 1 unspecified atom stereocenters. The lowest BCUT2D eigenvalue weighted by Gasteiger charge is -2.16. The van der Waals surface area contributed by atoms with Crippen molar-refractivity contribution in [1.82, 2.24) is 0 Å². The van der Waals surface area contributed by atoms with Gasteiger partial charge in [-0.05, 0) is 48.2 Å². The molecule has 0 heterocycles. The van der Waals surface area contributed by atoms with E-state index in [1.54, 1.807) is 6.07 Å². The number of aliphatic carboxylic acids is 1. The molecule has 0 aliphatic rings. The molecule has 0 aliphatic heterocycles. The van der Waals surface area contributed by atoms with E-state index in [0.717, 1.165) is 6.08 Å². The molecule has 1 aromatic rings. The summed E-state index contributed by atoms with van der Waals surface area (Å²) in [6.45, 7) is 6.38. The summed E-state index contributed by atoms with van der Waals surface area (Å²) in [7, 11) is 0. The summed E-state index contributed by atoms with van der Waals surface area (Å²) in [6.07, 6.45) is 2.43. The van der Waals surface area contributed by atoms with Gasteiger partial charge in [-0.1, -0.05) is 13.8 Å². The number of hydrogen-bond donors (Lipinski definition) is 1. The first kappa shape index (κ1) is 15.4. The summed E-state index contributed by atoms with van der Waals surface area (Å²) >= 11 is 0. The molecule has 0 bridgehead atoms. The number of halogens is 1. The van der Waals surface area contributed by atoms with Crippen molar-refractivity contribution in [1.29, 1.82) is 0 Å². The second-order valence-corrected chi connectivity index (χ2v) is 4.82. The van der Waals surface area contributed by atoms with E-state index in [9.17, 15) is 9.18 Å². The van der Waals surface area contributed by atoms with Crippen LogP contribution >= 0.6 is 0 Å². The van der Waals surface area contributed by atoms with E-state index in [4.69, 9.17) is 9.84 Å². The number of ether oxygens (including phenoxy) is 1. The Morgan fingerprint density at radius 3 is 2.63 bits per heavy atom. The topological polar surface area (TPSA) is 46.5 Å². The van der Waals surface area contributed by atoms with Crippen LogP contribution in [0.1, 0.15) is 31.9 Å². The highest BCUT2D eigenvalue weighted by atomic mass is 19.1. The van der Waals surface area contributed by atoms with Gasteiger partial charge in [-0.2, -0.15) is 0 Å². The van der Waals surface area contributed by atoms with Gasteiger partial charge >= 0.3 is 5.97 Å². The monoisotopic (exact) mass is 266 g/mol. The van der Waals surface area contributed by atoms with Crippen LogP contribution < -0.4 is 0 Å². The summed E-state index contributed by atoms with van der Waals surface area (Å²) in [5.41, 5.74) is 1.20. The number of carboxylic acids is 1. The van der Waals surface area contributed by atoms with Crippen LogP contribution in [0.5, 0.6) is 0 Å². The van der Waals surface area contributed by atoms with Gasteiger partial charge in [-0.25, -0.2) is 9.18 Å². The van der Waals surface area contributed by atoms with Gasteiger partial charge in [0, 0.05) is 6.08 Å². The van der Waals surface area contributed by atoms with Crippen molar-refractivity contribution in [2.45, 2.75) is 33.5 Å². The van der Waals surface area contributed by atoms with E-state index < -0.39 is 11.8 Å². The van der Waals surface area contributed by atoms with Crippen molar-refractivity contribution in [3.8, 4) is 0 Å². The molecule has 3 nitrogen and oxygen atoms in total. The Hall–Kier alpha value is -1.68. The Kier molecular flexibility index (Phi) is 5.70. The van der Waals surface area contributed by atoms with E-state index in [1.807, 2.05) is 6.92 Å². The minimum atomic E-state index is -1.06. The third kappa shape index (κ3) is 5.66. The molecule has 0 spiro atoms. The highest BCUT2D eigenvalue weighted by Gasteiger charge is 2.08. The lowest BCUT2D eigenvalue weighted by Crippen LogP contribution is -2.15. The van der Waals surface area contributed by atoms with Gasteiger partial charge in [0.05, 0.1) is 12.7 Å². The Balaban J connectivity index is 2.76. The zero-order chi connectivity index (χ0) is 14.4. The van der Waals surface area contributed by atoms with Gasteiger partial charge in [0.25, 0.3) is 0 Å².